The highest BCUT2D eigenvalue weighted by atomic mass is 16.5. The highest BCUT2D eigenvalue weighted by Crippen LogP contribution is 2.21. The Labute approximate surface area is 159 Å². The minimum Gasteiger partial charge on any atom is -0.497 e. The van der Waals surface area contributed by atoms with Crippen LogP contribution in [0.25, 0.3) is 10.8 Å². The minimum atomic E-state index is -0.00257. The molecule has 2 N–H and O–H groups in total. The van der Waals surface area contributed by atoms with Gasteiger partial charge in [-0.3, -0.25) is 9.48 Å². The lowest BCUT2D eigenvalue weighted by Gasteiger charge is -2.14. The van der Waals surface area contributed by atoms with Gasteiger partial charge in [-0.15, -0.1) is 0 Å². The van der Waals surface area contributed by atoms with Gasteiger partial charge in [0.25, 0.3) is 5.91 Å². The van der Waals surface area contributed by atoms with Crippen LogP contribution < -0.4 is 15.0 Å². The van der Waals surface area contributed by atoms with Crippen molar-refractivity contribution in [3.8, 4) is 5.75 Å². The molecular formula is C21H27N4O2+. The number of likely N-dealkylation sites (N-methyl/N-ethyl adjacent to an activating group) is 1. The fourth-order valence-electron chi connectivity index (χ4n) is 3.33. The van der Waals surface area contributed by atoms with Crippen molar-refractivity contribution in [2.45, 2.75) is 20.4 Å². The molecule has 0 saturated carbocycles. The zero-order valence-electron chi connectivity index (χ0n) is 16.6. The number of nitrogens with one attached hydrogen (secondary N) is 2. The van der Waals surface area contributed by atoms with E-state index in [1.54, 1.807) is 11.8 Å². The summed E-state index contributed by atoms with van der Waals surface area (Å²) in [5.74, 6) is 0.855. The number of aromatic nitrogens is 2. The highest BCUT2D eigenvalue weighted by Gasteiger charge is 2.16. The number of nitrogens with zero attached hydrogens (tertiary/aromatic N) is 2. The molecule has 1 amide bonds. The van der Waals surface area contributed by atoms with E-state index in [0.717, 1.165) is 39.7 Å². The van der Waals surface area contributed by atoms with Crippen LogP contribution in [0.2, 0.25) is 0 Å². The first-order valence-electron chi connectivity index (χ1n) is 9.05. The van der Waals surface area contributed by atoms with Crippen molar-refractivity contribution in [3.63, 3.8) is 0 Å². The summed E-state index contributed by atoms with van der Waals surface area (Å²) in [4.78, 5) is 13.6. The van der Waals surface area contributed by atoms with E-state index in [9.17, 15) is 4.79 Å². The summed E-state index contributed by atoms with van der Waals surface area (Å²) in [6.07, 6.45) is 0. The van der Waals surface area contributed by atoms with Crippen LogP contribution in [0.15, 0.2) is 36.4 Å². The molecule has 1 atom stereocenters. The van der Waals surface area contributed by atoms with Gasteiger partial charge in [0.15, 0.2) is 6.54 Å². The molecule has 0 aliphatic carbocycles. The van der Waals surface area contributed by atoms with Gasteiger partial charge < -0.3 is 15.0 Å². The summed E-state index contributed by atoms with van der Waals surface area (Å²) in [5, 5.41) is 9.66. The Morgan fingerprint density at radius 1 is 1.19 bits per heavy atom. The third-order valence-electron chi connectivity index (χ3n) is 4.85. The first kappa shape index (κ1) is 18.9. The first-order valence-corrected chi connectivity index (χ1v) is 9.05. The molecule has 6 heteroatoms. The van der Waals surface area contributed by atoms with Crippen molar-refractivity contribution in [2.75, 3.05) is 26.0 Å². The highest BCUT2D eigenvalue weighted by molar-refractivity contribution is 5.92. The van der Waals surface area contributed by atoms with Gasteiger partial charge in [0, 0.05) is 12.6 Å². The molecule has 0 bridgehead atoms. The number of amides is 1. The summed E-state index contributed by atoms with van der Waals surface area (Å²) in [5.41, 5.74) is 3.82. The third kappa shape index (κ3) is 4.28. The summed E-state index contributed by atoms with van der Waals surface area (Å²) >= 11 is 0. The molecule has 27 heavy (non-hydrogen) atoms. The van der Waals surface area contributed by atoms with Crippen molar-refractivity contribution in [3.05, 3.63) is 53.3 Å². The summed E-state index contributed by atoms with van der Waals surface area (Å²) in [7, 11) is 5.58. The van der Waals surface area contributed by atoms with Crippen LogP contribution in [0.4, 0.5) is 5.69 Å². The minimum absolute atomic E-state index is 0.00257. The number of hydrogen-bond acceptors (Lipinski definition) is 3. The molecule has 3 rings (SSSR count). The van der Waals surface area contributed by atoms with E-state index in [1.165, 1.54) is 10.9 Å². The van der Waals surface area contributed by atoms with Crippen LogP contribution in [0, 0.1) is 13.8 Å². The van der Waals surface area contributed by atoms with Gasteiger partial charge in [-0.05, 0) is 42.8 Å². The van der Waals surface area contributed by atoms with E-state index >= 15 is 0 Å². The maximum absolute atomic E-state index is 12.4. The van der Waals surface area contributed by atoms with Crippen LogP contribution in [0.3, 0.4) is 0 Å². The standard InChI is InChI=1S/C21H26N4O2/c1-14-21(15(2)25(4)23-14)22-20(26)13-24(3)12-16-6-7-18-11-19(27-5)9-8-17(18)10-16/h6-11H,12-13H2,1-5H3,(H,22,26)/p+1. The molecule has 0 fully saturated rings. The van der Waals surface area contributed by atoms with Gasteiger partial charge >= 0.3 is 0 Å². The van der Waals surface area contributed by atoms with E-state index in [1.807, 2.05) is 40.1 Å². The van der Waals surface area contributed by atoms with Gasteiger partial charge in [-0.25, -0.2) is 0 Å². The lowest BCUT2D eigenvalue weighted by Crippen LogP contribution is -3.08. The lowest BCUT2D eigenvalue weighted by molar-refractivity contribution is -0.885. The molecule has 142 valence electrons. The fraction of sp³-hybridized carbons (Fsp3) is 0.333. The fourth-order valence-corrected chi connectivity index (χ4v) is 3.33. The molecular weight excluding hydrogens is 340 g/mol. The topological polar surface area (TPSA) is 60.6 Å². The zero-order valence-corrected chi connectivity index (χ0v) is 16.6. The van der Waals surface area contributed by atoms with Crippen LogP contribution in [-0.2, 0) is 18.4 Å². The number of fused-ring (bicyclic) bond motifs is 1. The van der Waals surface area contributed by atoms with Gasteiger partial charge in [0.2, 0.25) is 0 Å². The van der Waals surface area contributed by atoms with E-state index in [-0.39, 0.29) is 5.91 Å². The predicted octanol–water partition coefficient (Wildman–Crippen LogP) is 1.85. The number of hydrogen-bond donors (Lipinski definition) is 2. The second kappa shape index (κ2) is 7.80. The normalized spacial score (nSPS) is 12.2. The third-order valence-corrected chi connectivity index (χ3v) is 4.85. The molecule has 1 heterocycles. The largest absolute Gasteiger partial charge is 0.497 e. The van der Waals surface area contributed by atoms with E-state index in [0.29, 0.717) is 6.54 Å². The number of carbonyl (C=O) groups excluding carboxylic acids is 1. The quantitative estimate of drug-likeness (QED) is 0.699. The molecule has 2 aromatic carbocycles. The van der Waals surface area contributed by atoms with Crippen LogP contribution in [0.5, 0.6) is 5.75 Å². The molecule has 3 aromatic rings. The Morgan fingerprint density at radius 2 is 1.89 bits per heavy atom. The van der Waals surface area contributed by atoms with Gasteiger partial charge in [0.05, 0.1) is 31.2 Å². The number of methoxy groups -OCH3 is 1. The average Bonchev–Trinajstić information content (AvgIpc) is 2.87. The maximum atomic E-state index is 12.4. The van der Waals surface area contributed by atoms with Crippen molar-refractivity contribution in [1.82, 2.24) is 9.78 Å². The van der Waals surface area contributed by atoms with Crippen LogP contribution in [-0.4, -0.2) is 36.4 Å². The number of anilines is 1. The number of rotatable bonds is 6. The predicted molar refractivity (Wildman–Crippen MR) is 107 cm³/mol. The van der Waals surface area contributed by atoms with Crippen molar-refractivity contribution in [1.29, 1.82) is 0 Å². The van der Waals surface area contributed by atoms with Gasteiger partial charge in [-0.1, -0.05) is 18.2 Å². The Morgan fingerprint density at radius 3 is 2.56 bits per heavy atom. The number of carbonyl (C=O) groups is 1. The van der Waals surface area contributed by atoms with E-state index in [2.05, 4.69) is 34.7 Å². The van der Waals surface area contributed by atoms with Crippen LogP contribution in [0.1, 0.15) is 17.0 Å². The Balaban J connectivity index is 1.63. The second-order valence-electron chi connectivity index (χ2n) is 7.08. The molecule has 0 spiro atoms. The molecule has 1 aromatic heterocycles. The summed E-state index contributed by atoms with van der Waals surface area (Å²) in [6.45, 7) is 5.04. The van der Waals surface area contributed by atoms with Crippen molar-refractivity contribution in [2.24, 2.45) is 7.05 Å². The monoisotopic (exact) mass is 367 g/mol. The Bertz CT molecular complexity index is 978. The molecule has 6 nitrogen and oxygen atoms in total. The van der Waals surface area contributed by atoms with Crippen molar-refractivity contribution >= 4 is 22.4 Å². The molecule has 0 saturated heterocycles. The number of benzene rings is 2. The molecule has 0 aliphatic rings. The van der Waals surface area contributed by atoms with Crippen molar-refractivity contribution < 1.29 is 14.4 Å². The second-order valence-corrected chi connectivity index (χ2v) is 7.08. The summed E-state index contributed by atoms with van der Waals surface area (Å²) < 4.78 is 7.06. The number of ether oxygens (including phenoxy) is 1. The first-order chi connectivity index (χ1) is 12.9. The zero-order chi connectivity index (χ0) is 19.6. The number of quaternary nitrogens is 1. The van der Waals surface area contributed by atoms with Gasteiger partial charge in [-0.2, -0.15) is 5.10 Å². The Hall–Kier alpha value is -2.86. The molecule has 0 radical (unpaired) electrons. The van der Waals surface area contributed by atoms with E-state index in [4.69, 9.17) is 4.74 Å². The average molecular weight is 367 g/mol. The Kier molecular flexibility index (Phi) is 5.46. The molecule has 0 aliphatic heterocycles. The lowest BCUT2D eigenvalue weighted by atomic mass is 10.1. The molecule has 1 unspecified atom stereocenters. The maximum Gasteiger partial charge on any atom is 0.279 e. The smallest absolute Gasteiger partial charge is 0.279 e. The number of aryl methyl sites for hydroxylation is 2. The SMILES string of the molecule is COc1ccc2cc(C[NH+](C)CC(=O)Nc3c(C)nn(C)c3C)ccc2c1. The van der Waals surface area contributed by atoms with E-state index < -0.39 is 0 Å². The van der Waals surface area contributed by atoms with Crippen LogP contribution >= 0.6 is 0 Å². The van der Waals surface area contributed by atoms with Gasteiger partial charge in [0.1, 0.15) is 12.3 Å². The summed E-state index contributed by atoms with van der Waals surface area (Å²) in [6, 6.07) is 12.4.